The Bertz CT molecular complexity index is 1400. The number of halogens is 2. The molecule has 0 aliphatic carbocycles. The summed E-state index contributed by atoms with van der Waals surface area (Å²) in [7, 11) is 0. The van der Waals surface area contributed by atoms with Crippen LogP contribution < -0.4 is 15.0 Å². The van der Waals surface area contributed by atoms with Crippen molar-refractivity contribution in [2.24, 2.45) is 0 Å². The van der Waals surface area contributed by atoms with Gasteiger partial charge >= 0.3 is 12.0 Å². The monoisotopic (exact) mass is 530 g/mol. The van der Waals surface area contributed by atoms with Crippen molar-refractivity contribution in [2.45, 2.75) is 18.8 Å². The maximum atomic E-state index is 13.9. The lowest BCUT2D eigenvalue weighted by molar-refractivity contribution is -0.127. The number of carboxylic acids is 1. The van der Waals surface area contributed by atoms with E-state index in [0.29, 0.717) is 24.7 Å². The number of anilines is 2. The van der Waals surface area contributed by atoms with Crippen molar-refractivity contribution < 1.29 is 28.6 Å². The zero-order chi connectivity index (χ0) is 25.6. The number of likely N-dealkylation sites (tertiary alicyclic amines) is 1. The van der Waals surface area contributed by atoms with Crippen LogP contribution in [0.3, 0.4) is 0 Å². The third-order valence-corrected chi connectivity index (χ3v) is 7.44. The predicted molar refractivity (Wildman–Crippen MR) is 132 cm³/mol. The van der Waals surface area contributed by atoms with E-state index in [4.69, 9.17) is 21.4 Å². The van der Waals surface area contributed by atoms with E-state index in [1.54, 1.807) is 21.9 Å². The molecular formula is C24H20ClFN4O5S. The molecule has 3 aromatic rings. The van der Waals surface area contributed by atoms with Gasteiger partial charge in [0, 0.05) is 48.7 Å². The van der Waals surface area contributed by atoms with Gasteiger partial charge in [0.2, 0.25) is 11.0 Å². The summed E-state index contributed by atoms with van der Waals surface area (Å²) >= 11 is 7.31. The number of ether oxygens (including phenoxy) is 1. The molecular weight excluding hydrogens is 511 g/mol. The van der Waals surface area contributed by atoms with E-state index in [9.17, 15) is 18.8 Å². The number of nitrogens with zero attached hydrogens (tertiary/aromatic N) is 3. The summed E-state index contributed by atoms with van der Waals surface area (Å²) in [6, 6.07) is 8.41. The lowest BCUT2D eigenvalue weighted by Gasteiger charge is -2.25. The number of rotatable bonds is 4. The Kier molecular flexibility index (Phi) is 6.05. The molecule has 36 heavy (non-hydrogen) atoms. The molecule has 1 saturated heterocycles. The minimum Gasteiger partial charge on any atom is -0.478 e. The average Bonchev–Trinajstić information content (AvgIpc) is 3.52. The van der Waals surface area contributed by atoms with Crippen molar-refractivity contribution in [1.82, 2.24) is 9.88 Å². The number of carbonyl (C=O) groups excluding carboxylic acids is 2. The number of amides is 3. The van der Waals surface area contributed by atoms with Gasteiger partial charge in [0.15, 0.2) is 5.13 Å². The number of carboxylic acid groups (broad SMARTS) is 1. The predicted octanol–water partition coefficient (Wildman–Crippen LogP) is 4.97. The number of fused-ring (bicyclic) bond motifs is 2. The standard InChI is InChI=1S/C24H20ClFN4O5S/c1-13(31)29-7-6-24(11-29)12-30(19-5-2-14(25)8-17(19)24)23(34)28-22-27-10-20(36-22)35-15-3-4-16(21(32)33)18(26)9-15/h2-5,8-10H,6-7,11-12H2,1H3,(H,32,33)(H,27,28,34). The summed E-state index contributed by atoms with van der Waals surface area (Å²) in [4.78, 5) is 43.7. The molecule has 5 rings (SSSR count). The van der Waals surface area contributed by atoms with Crippen molar-refractivity contribution in [1.29, 1.82) is 0 Å². The van der Waals surface area contributed by atoms with Gasteiger partial charge in [-0.1, -0.05) is 22.9 Å². The first kappa shape index (κ1) is 24.0. The third-order valence-electron chi connectivity index (χ3n) is 6.41. The van der Waals surface area contributed by atoms with Crippen LogP contribution in [0.5, 0.6) is 10.8 Å². The normalized spacial score (nSPS) is 18.4. The van der Waals surface area contributed by atoms with Crippen LogP contribution in [0.1, 0.15) is 29.3 Å². The molecule has 1 spiro atoms. The second-order valence-electron chi connectivity index (χ2n) is 8.68. The van der Waals surface area contributed by atoms with Crippen LogP contribution in [-0.2, 0) is 10.2 Å². The summed E-state index contributed by atoms with van der Waals surface area (Å²) in [6.45, 7) is 3.04. The van der Waals surface area contributed by atoms with Gasteiger partial charge in [-0.15, -0.1) is 0 Å². The number of carbonyl (C=O) groups is 3. The highest BCUT2D eigenvalue weighted by Gasteiger charge is 2.49. The van der Waals surface area contributed by atoms with E-state index in [2.05, 4.69) is 10.3 Å². The van der Waals surface area contributed by atoms with Crippen molar-refractivity contribution in [3.05, 3.63) is 64.6 Å². The zero-order valence-electron chi connectivity index (χ0n) is 19.0. The van der Waals surface area contributed by atoms with Crippen molar-refractivity contribution in [3.8, 4) is 10.8 Å². The highest BCUT2D eigenvalue weighted by atomic mass is 35.5. The fraction of sp³-hybridized carbons (Fsp3) is 0.250. The van der Waals surface area contributed by atoms with Crippen molar-refractivity contribution in [2.75, 3.05) is 29.9 Å². The molecule has 0 saturated carbocycles. The van der Waals surface area contributed by atoms with E-state index in [0.717, 1.165) is 41.1 Å². The second kappa shape index (κ2) is 9.07. The SMILES string of the molecule is CC(=O)N1CCC2(C1)CN(C(=O)Nc1ncc(Oc3ccc(C(=O)O)c(F)c3)s1)c1ccc(Cl)cc12. The molecule has 1 unspecified atom stereocenters. The molecule has 0 bridgehead atoms. The molecule has 186 valence electrons. The lowest BCUT2D eigenvalue weighted by Crippen LogP contribution is -2.41. The molecule has 1 fully saturated rings. The third kappa shape index (κ3) is 4.35. The summed E-state index contributed by atoms with van der Waals surface area (Å²) < 4.78 is 19.5. The minimum absolute atomic E-state index is 0.00819. The van der Waals surface area contributed by atoms with Gasteiger partial charge in [0.05, 0.1) is 11.8 Å². The van der Waals surface area contributed by atoms with Gasteiger partial charge in [-0.25, -0.2) is 19.0 Å². The van der Waals surface area contributed by atoms with Gasteiger partial charge < -0.3 is 14.7 Å². The first-order valence-corrected chi connectivity index (χ1v) is 12.2. The number of aromatic carboxylic acids is 1. The number of thiazole rings is 1. The molecule has 2 aliphatic heterocycles. The Balaban J connectivity index is 1.32. The molecule has 9 nitrogen and oxygen atoms in total. The Hall–Kier alpha value is -3.70. The number of hydrogen-bond donors (Lipinski definition) is 2. The summed E-state index contributed by atoms with van der Waals surface area (Å²) in [5.41, 5.74) is 0.804. The van der Waals surface area contributed by atoms with E-state index in [1.165, 1.54) is 19.2 Å². The average molecular weight is 531 g/mol. The topological polar surface area (TPSA) is 112 Å². The molecule has 12 heteroatoms. The number of nitrogens with one attached hydrogen (secondary N) is 1. The second-order valence-corrected chi connectivity index (χ2v) is 10.1. The summed E-state index contributed by atoms with van der Waals surface area (Å²) in [5.74, 6) is -2.20. The molecule has 2 aromatic carbocycles. The molecule has 3 heterocycles. The largest absolute Gasteiger partial charge is 0.478 e. The molecule has 2 aliphatic rings. The van der Waals surface area contributed by atoms with E-state index >= 15 is 0 Å². The number of aromatic nitrogens is 1. The molecule has 1 aromatic heterocycles. The summed E-state index contributed by atoms with van der Waals surface area (Å²) in [5, 5.41) is 12.8. The minimum atomic E-state index is -1.37. The summed E-state index contributed by atoms with van der Waals surface area (Å²) in [6.07, 6.45) is 2.10. The van der Waals surface area contributed by atoms with Crippen LogP contribution in [0.25, 0.3) is 0 Å². The van der Waals surface area contributed by atoms with Crippen LogP contribution in [0, 0.1) is 5.82 Å². The van der Waals surface area contributed by atoms with Crippen LogP contribution in [0.15, 0.2) is 42.6 Å². The van der Waals surface area contributed by atoms with Crippen LogP contribution >= 0.6 is 22.9 Å². The Morgan fingerprint density at radius 3 is 2.72 bits per heavy atom. The first-order valence-electron chi connectivity index (χ1n) is 11.0. The Labute approximate surface area is 214 Å². The highest BCUT2D eigenvalue weighted by Crippen LogP contribution is 2.47. The maximum Gasteiger partial charge on any atom is 0.338 e. The van der Waals surface area contributed by atoms with Crippen molar-refractivity contribution >= 4 is 51.7 Å². The van der Waals surface area contributed by atoms with Crippen LogP contribution in [-0.4, -0.2) is 52.5 Å². The van der Waals surface area contributed by atoms with Gasteiger partial charge in [0.1, 0.15) is 11.6 Å². The Morgan fingerprint density at radius 2 is 2.03 bits per heavy atom. The Morgan fingerprint density at radius 1 is 1.22 bits per heavy atom. The van der Waals surface area contributed by atoms with Crippen LogP contribution in [0.4, 0.5) is 20.0 Å². The fourth-order valence-electron chi connectivity index (χ4n) is 4.68. The molecule has 2 N–H and O–H groups in total. The van der Waals surface area contributed by atoms with Gasteiger partial charge in [-0.2, -0.15) is 0 Å². The highest BCUT2D eigenvalue weighted by molar-refractivity contribution is 7.17. The quantitative estimate of drug-likeness (QED) is 0.492. The first-order chi connectivity index (χ1) is 17.1. The zero-order valence-corrected chi connectivity index (χ0v) is 20.5. The number of hydrogen-bond acceptors (Lipinski definition) is 6. The number of urea groups is 1. The molecule has 3 amide bonds. The fourth-order valence-corrected chi connectivity index (χ4v) is 5.53. The van der Waals surface area contributed by atoms with Gasteiger partial charge in [-0.05, 0) is 42.3 Å². The van der Waals surface area contributed by atoms with Gasteiger partial charge in [0.25, 0.3) is 0 Å². The van der Waals surface area contributed by atoms with E-state index < -0.39 is 28.8 Å². The molecule has 0 radical (unpaired) electrons. The van der Waals surface area contributed by atoms with Crippen molar-refractivity contribution in [3.63, 3.8) is 0 Å². The molecule has 1 atom stereocenters. The number of benzene rings is 2. The maximum absolute atomic E-state index is 13.9. The smallest absolute Gasteiger partial charge is 0.338 e. The van der Waals surface area contributed by atoms with Crippen LogP contribution in [0.2, 0.25) is 5.02 Å². The van der Waals surface area contributed by atoms with E-state index in [-0.39, 0.29) is 21.9 Å². The van der Waals surface area contributed by atoms with E-state index in [1.807, 2.05) is 6.07 Å². The van der Waals surface area contributed by atoms with Gasteiger partial charge in [-0.3, -0.25) is 15.0 Å². The lowest BCUT2D eigenvalue weighted by atomic mass is 9.81.